The number of pyridine rings is 1. The second-order valence-electron chi connectivity index (χ2n) is 9.65. The molecule has 1 unspecified atom stereocenters. The highest BCUT2D eigenvalue weighted by Gasteiger charge is 2.35. The number of anilines is 1. The molecule has 1 aromatic rings. The summed E-state index contributed by atoms with van der Waals surface area (Å²) in [4.78, 5) is 36.3. The van der Waals surface area contributed by atoms with Crippen molar-refractivity contribution in [1.29, 1.82) is 0 Å². The van der Waals surface area contributed by atoms with Crippen molar-refractivity contribution in [3.63, 3.8) is 0 Å². The molecule has 1 amide bonds. The van der Waals surface area contributed by atoms with E-state index in [4.69, 9.17) is 9.15 Å². The predicted molar refractivity (Wildman–Crippen MR) is 137 cm³/mol. The van der Waals surface area contributed by atoms with E-state index >= 15 is 0 Å². The van der Waals surface area contributed by atoms with Gasteiger partial charge in [-0.3, -0.25) is 14.7 Å². The zero-order valence-electron chi connectivity index (χ0n) is 21.0. The highest BCUT2D eigenvalue weighted by Crippen LogP contribution is 2.38. The van der Waals surface area contributed by atoms with Crippen LogP contribution in [0.1, 0.15) is 42.2 Å². The molecule has 0 radical (unpaired) electrons. The molecule has 188 valence electrons. The summed E-state index contributed by atoms with van der Waals surface area (Å²) in [5.41, 5.74) is 3.44. The van der Waals surface area contributed by atoms with Crippen molar-refractivity contribution < 1.29 is 18.7 Å². The van der Waals surface area contributed by atoms with Crippen LogP contribution in [-0.4, -0.2) is 72.0 Å². The Morgan fingerprint density at radius 2 is 1.92 bits per heavy atom. The number of carbonyl (C=O) groups is 2. The summed E-state index contributed by atoms with van der Waals surface area (Å²) in [5.74, 6) is 0.579. The summed E-state index contributed by atoms with van der Waals surface area (Å²) >= 11 is 0. The van der Waals surface area contributed by atoms with Crippen LogP contribution >= 0.6 is 0 Å². The molecule has 1 aliphatic carbocycles. The Hall–Kier alpha value is -3.65. The lowest BCUT2D eigenvalue weighted by Gasteiger charge is -2.46. The Labute approximate surface area is 211 Å². The Morgan fingerprint density at radius 3 is 2.69 bits per heavy atom. The lowest BCUT2D eigenvalue weighted by atomic mass is 9.99. The van der Waals surface area contributed by atoms with E-state index in [1.54, 1.807) is 12.5 Å². The van der Waals surface area contributed by atoms with Crippen molar-refractivity contribution in [1.82, 2.24) is 14.8 Å². The minimum atomic E-state index is -0.398. The zero-order chi connectivity index (χ0) is 25.2. The second-order valence-corrected chi connectivity index (χ2v) is 9.65. The molecular weight excluding hydrogens is 456 g/mol. The normalized spacial score (nSPS) is 22.7. The van der Waals surface area contributed by atoms with E-state index in [-0.39, 0.29) is 24.0 Å². The van der Waals surface area contributed by atoms with Crippen molar-refractivity contribution in [3.05, 3.63) is 72.3 Å². The first-order valence-corrected chi connectivity index (χ1v) is 12.4. The molecule has 8 nitrogen and oxygen atoms in total. The van der Waals surface area contributed by atoms with E-state index in [0.29, 0.717) is 18.7 Å². The summed E-state index contributed by atoms with van der Waals surface area (Å²) in [7, 11) is 1.37. The molecule has 0 aromatic carbocycles. The number of piperazine rings is 1. The van der Waals surface area contributed by atoms with Gasteiger partial charge in [0.05, 0.1) is 43.4 Å². The average molecular weight is 489 g/mol. The van der Waals surface area contributed by atoms with Gasteiger partial charge in [0, 0.05) is 49.0 Å². The lowest BCUT2D eigenvalue weighted by Crippen LogP contribution is -2.59. The van der Waals surface area contributed by atoms with E-state index in [1.165, 1.54) is 13.3 Å². The minimum absolute atomic E-state index is 0.0369. The zero-order valence-corrected chi connectivity index (χ0v) is 21.0. The van der Waals surface area contributed by atoms with Gasteiger partial charge in [0.1, 0.15) is 5.76 Å². The quantitative estimate of drug-likeness (QED) is 0.397. The van der Waals surface area contributed by atoms with Gasteiger partial charge in [-0.1, -0.05) is 24.3 Å². The number of ether oxygens (including phenoxy) is 1. The molecule has 3 atom stereocenters. The molecule has 36 heavy (non-hydrogen) atoms. The van der Waals surface area contributed by atoms with Crippen LogP contribution in [0.25, 0.3) is 11.3 Å². The molecular formula is C28H32N4O4. The van der Waals surface area contributed by atoms with Gasteiger partial charge in [-0.2, -0.15) is 0 Å². The van der Waals surface area contributed by atoms with Gasteiger partial charge in [0.2, 0.25) is 5.91 Å². The molecule has 0 spiro atoms. The molecule has 4 heterocycles. The van der Waals surface area contributed by atoms with E-state index in [0.717, 1.165) is 42.1 Å². The SMILES string of the molecule is COC(=O)c1cncc(N2C[C@@H](C)N(CC(=O)N3CC=CCC3c3ccc4cccoc3-4)[C@@H](C)C2)c1. The number of aromatic nitrogens is 1. The standard InChI is InChI=1S/C28H32N4O4/c1-19-16-30(23-13-22(14-29-15-23)28(34)35-3)17-20(2)32(19)18-26(33)31-11-5-4-8-25(31)24-10-9-21-7-6-12-36-27(21)24/h4-7,9-10,12-15,19-20,25H,8,11,16-18H2,1-3H3/t19-,20+,25?. The summed E-state index contributed by atoms with van der Waals surface area (Å²) in [6.07, 6.45) is 9.98. The fourth-order valence-electron chi connectivity index (χ4n) is 5.47. The van der Waals surface area contributed by atoms with Gasteiger partial charge in [-0.15, -0.1) is 0 Å². The number of rotatable bonds is 5. The Bertz CT molecular complexity index is 1230. The average Bonchev–Trinajstić information content (AvgIpc) is 3.34. The molecule has 1 aromatic heterocycles. The van der Waals surface area contributed by atoms with Crippen molar-refractivity contribution in [2.75, 3.05) is 38.2 Å². The maximum atomic E-state index is 13.6. The fourth-order valence-corrected chi connectivity index (χ4v) is 5.47. The number of hydrogen-bond acceptors (Lipinski definition) is 7. The highest BCUT2D eigenvalue weighted by molar-refractivity contribution is 5.90. The van der Waals surface area contributed by atoms with Crippen LogP contribution in [0.3, 0.4) is 0 Å². The Morgan fingerprint density at radius 1 is 1.11 bits per heavy atom. The summed E-state index contributed by atoms with van der Waals surface area (Å²) in [5, 5.41) is 0. The van der Waals surface area contributed by atoms with E-state index in [9.17, 15) is 9.59 Å². The van der Waals surface area contributed by atoms with Crippen molar-refractivity contribution >= 4 is 17.6 Å². The van der Waals surface area contributed by atoms with Gasteiger partial charge in [0.15, 0.2) is 0 Å². The van der Waals surface area contributed by atoms with Crippen LogP contribution in [0.5, 0.6) is 0 Å². The van der Waals surface area contributed by atoms with Crippen LogP contribution < -0.4 is 4.90 Å². The van der Waals surface area contributed by atoms with Gasteiger partial charge in [0.25, 0.3) is 0 Å². The third-order valence-electron chi connectivity index (χ3n) is 7.32. The van der Waals surface area contributed by atoms with Crippen molar-refractivity contribution in [2.24, 2.45) is 0 Å². The lowest BCUT2D eigenvalue weighted by molar-refractivity contribution is -0.136. The third-order valence-corrected chi connectivity index (χ3v) is 7.32. The number of fused-ring (bicyclic) bond motifs is 1. The summed E-state index contributed by atoms with van der Waals surface area (Å²) in [6.45, 7) is 6.71. The molecule has 5 rings (SSSR count). The molecule has 0 N–H and O–H groups in total. The van der Waals surface area contributed by atoms with Crippen molar-refractivity contribution in [2.45, 2.75) is 38.4 Å². The molecule has 1 saturated heterocycles. The van der Waals surface area contributed by atoms with Crippen LogP contribution in [0, 0.1) is 0 Å². The highest BCUT2D eigenvalue weighted by atomic mass is 16.5. The third kappa shape index (κ3) is 4.60. The maximum Gasteiger partial charge on any atom is 0.339 e. The first-order valence-electron chi connectivity index (χ1n) is 12.4. The van der Waals surface area contributed by atoms with Gasteiger partial charge in [-0.05, 0) is 38.5 Å². The molecule has 1 fully saturated rings. The van der Waals surface area contributed by atoms with Gasteiger partial charge in [-0.25, -0.2) is 4.79 Å². The number of methoxy groups -OCH3 is 1. The Balaban J connectivity index is 1.29. The molecule has 4 aliphatic rings. The molecule has 3 aliphatic heterocycles. The second kappa shape index (κ2) is 10.1. The van der Waals surface area contributed by atoms with E-state index in [2.05, 4.69) is 52.9 Å². The molecule has 0 bridgehead atoms. The van der Waals surface area contributed by atoms with E-state index in [1.807, 2.05) is 23.1 Å². The van der Waals surface area contributed by atoms with Gasteiger partial charge >= 0.3 is 5.97 Å². The topological polar surface area (TPSA) is 79.1 Å². The van der Waals surface area contributed by atoms with Crippen LogP contribution in [-0.2, 0) is 9.53 Å². The first kappa shape index (κ1) is 24.1. The number of esters is 1. The van der Waals surface area contributed by atoms with Crippen molar-refractivity contribution in [3.8, 4) is 11.3 Å². The number of hydrogen-bond donors (Lipinski definition) is 0. The smallest absolute Gasteiger partial charge is 0.339 e. The maximum absolute atomic E-state index is 13.6. The first-order chi connectivity index (χ1) is 17.5. The predicted octanol–water partition coefficient (Wildman–Crippen LogP) is 3.99. The summed E-state index contributed by atoms with van der Waals surface area (Å²) < 4.78 is 10.7. The monoisotopic (exact) mass is 488 g/mol. The summed E-state index contributed by atoms with van der Waals surface area (Å²) in [6, 6.07) is 10.1. The van der Waals surface area contributed by atoms with Crippen LogP contribution in [0.4, 0.5) is 5.69 Å². The van der Waals surface area contributed by atoms with Gasteiger partial charge < -0.3 is 19.0 Å². The number of nitrogens with zero attached hydrogens (tertiary/aromatic N) is 4. The van der Waals surface area contributed by atoms with E-state index < -0.39 is 5.97 Å². The van der Waals surface area contributed by atoms with Crippen LogP contribution in [0.2, 0.25) is 0 Å². The largest absolute Gasteiger partial charge is 0.465 e. The molecule has 8 heteroatoms. The number of amides is 1. The Kier molecular flexibility index (Phi) is 6.78. The minimum Gasteiger partial charge on any atom is -0.465 e. The molecule has 0 saturated carbocycles. The number of carbonyl (C=O) groups excluding carboxylic acids is 2. The fraction of sp³-hybridized carbons (Fsp3) is 0.393. The van der Waals surface area contributed by atoms with Crippen LogP contribution in [0.15, 0.2) is 65.6 Å².